The summed E-state index contributed by atoms with van der Waals surface area (Å²) < 4.78 is 16.7. The van der Waals surface area contributed by atoms with Crippen molar-refractivity contribution in [2.45, 2.75) is 72.1 Å². The number of anilines is 3. The Balaban J connectivity index is 1.61. The molecule has 4 rings (SSSR count). The van der Waals surface area contributed by atoms with E-state index in [1.54, 1.807) is 57.6 Å². The van der Waals surface area contributed by atoms with Crippen molar-refractivity contribution in [3.8, 4) is 0 Å². The number of hydrogen-bond donors (Lipinski definition) is 3. The van der Waals surface area contributed by atoms with E-state index in [0.717, 1.165) is 12.1 Å². The first kappa shape index (κ1) is 31.3. The number of aromatic nitrogens is 2. The molecule has 12 nitrogen and oxygen atoms in total. The predicted molar refractivity (Wildman–Crippen MR) is 165 cm³/mol. The summed E-state index contributed by atoms with van der Waals surface area (Å²) in [4.78, 5) is 49.6. The van der Waals surface area contributed by atoms with Gasteiger partial charge in [0, 0.05) is 31.5 Å². The Hall–Kier alpha value is -4.61. The molecule has 230 valence electrons. The summed E-state index contributed by atoms with van der Waals surface area (Å²) in [6.45, 7) is 17.7. The smallest absolute Gasteiger partial charge is 0.414 e. The molecule has 0 aromatic carbocycles. The maximum absolute atomic E-state index is 13.8. The second kappa shape index (κ2) is 12.3. The van der Waals surface area contributed by atoms with E-state index in [-0.39, 0.29) is 28.9 Å². The molecule has 3 N–H and O–H groups in total. The Kier molecular flexibility index (Phi) is 8.98. The Labute approximate surface area is 251 Å². The van der Waals surface area contributed by atoms with Crippen molar-refractivity contribution in [1.82, 2.24) is 15.3 Å². The number of fused-ring (bicyclic) bond motifs is 1. The van der Waals surface area contributed by atoms with Crippen LogP contribution in [0.15, 0.2) is 41.7 Å². The number of nitrogens with one attached hydrogen (secondary N) is 3. The van der Waals surface area contributed by atoms with Crippen molar-refractivity contribution in [2.24, 2.45) is 5.92 Å². The number of amides is 3. The van der Waals surface area contributed by atoms with Gasteiger partial charge in [-0.2, -0.15) is 0 Å². The third-order valence-corrected chi connectivity index (χ3v) is 6.39. The standard InChI is InChI=1S/C31H40N6O6/c1-9-19-13-23-25(33-14-19)24(27(41-23)36-29(40)43-31(6,7)8)26(38)35-21-15-32-11-10-22(21)37-16-18(2)12-20(17-37)34-28(39)42-30(3,4)5/h9-11,13-15,18,20H,1,12,16-17H2,2-8H3,(H,34,39)(H,35,38)(H,36,40)/t18-,20+/m1/s1. The topological polar surface area (TPSA) is 148 Å². The number of alkyl carbamates (subject to hydrolysis) is 1. The number of nitrogens with zero attached hydrogens (tertiary/aromatic N) is 3. The third kappa shape index (κ3) is 8.24. The van der Waals surface area contributed by atoms with Gasteiger partial charge in [0.2, 0.25) is 5.88 Å². The Morgan fingerprint density at radius 2 is 1.74 bits per heavy atom. The van der Waals surface area contributed by atoms with Crippen LogP contribution in [0.3, 0.4) is 0 Å². The van der Waals surface area contributed by atoms with E-state index in [4.69, 9.17) is 13.9 Å². The minimum atomic E-state index is -0.780. The third-order valence-electron chi connectivity index (χ3n) is 6.39. The Bertz CT molecular complexity index is 1520. The predicted octanol–water partition coefficient (Wildman–Crippen LogP) is 6.20. The summed E-state index contributed by atoms with van der Waals surface area (Å²) in [6.07, 6.45) is 5.87. The molecule has 43 heavy (non-hydrogen) atoms. The molecule has 1 fully saturated rings. The molecule has 1 aliphatic heterocycles. The van der Waals surface area contributed by atoms with E-state index in [1.165, 1.54) is 0 Å². The van der Waals surface area contributed by atoms with Crippen LogP contribution in [0.2, 0.25) is 0 Å². The lowest BCUT2D eigenvalue weighted by molar-refractivity contribution is 0.0494. The molecule has 2 atom stereocenters. The summed E-state index contributed by atoms with van der Waals surface area (Å²) in [5.74, 6) is -0.420. The van der Waals surface area contributed by atoms with Crippen LogP contribution in [0.1, 0.15) is 70.8 Å². The van der Waals surface area contributed by atoms with Crippen LogP contribution in [0.5, 0.6) is 0 Å². The molecule has 4 heterocycles. The zero-order valence-corrected chi connectivity index (χ0v) is 25.7. The lowest BCUT2D eigenvalue weighted by atomic mass is 9.95. The zero-order chi connectivity index (χ0) is 31.5. The quantitative estimate of drug-likeness (QED) is 0.304. The molecule has 0 unspecified atom stereocenters. The second-order valence-corrected chi connectivity index (χ2v) is 12.7. The maximum Gasteiger partial charge on any atom is 0.414 e. The molecule has 0 spiro atoms. The van der Waals surface area contributed by atoms with Crippen LogP contribution >= 0.6 is 0 Å². The van der Waals surface area contributed by atoms with Crippen molar-refractivity contribution >= 4 is 52.5 Å². The fraction of sp³-hybridized carbons (Fsp3) is 0.452. The number of hydrogen-bond acceptors (Lipinski definition) is 9. The van der Waals surface area contributed by atoms with Crippen LogP contribution in [-0.2, 0) is 9.47 Å². The fourth-order valence-corrected chi connectivity index (χ4v) is 4.87. The molecule has 12 heteroatoms. The molecule has 0 radical (unpaired) electrons. The highest BCUT2D eigenvalue weighted by molar-refractivity contribution is 6.16. The second-order valence-electron chi connectivity index (χ2n) is 12.7. The van der Waals surface area contributed by atoms with Crippen LogP contribution in [0.25, 0.3) is 17.2 Å². The highest BCUT2D eigenvalue weighted by atomic mass is 16.6. The van der Waals surface area contributed by atoms with Gasteiger partial charge in [0.05, 0.1) is 17.6 Å². The SMILES string of the molecule is C=Cc1cnc2c(C(=O)Nc3cnccc3N3C[C@H](C)C[C@H](NC(=O)OC(C)(C)C)C3)c(NC(=O)OC(C)(C)C)oc2c1. The lowest BCUT2D eigenvalue weighted by Crippen LogP contribution is -2.51. The largest absolute Gasteiger partial charge is 0.444 e. The fourth-order valence-electron chi connectivity index (χ4n) is 4.87. The first-order chi connectivity index (χ1) is 20.1. The number of piperidine rings is 1. The lowest BCUT2D eigenvalue weighted by Gasteiger charge is -2.39. The number of rotatable bonds is 6. The number of pyridine rings is 2. The first-order valence-corrected chi connectivity index (χ1v) is 14.2. The van der Waals surface area contributed by atoms with Gasteiger partial charge in [-0.1, -0.05) is 19.6 Å². The van der Waals surface area contributed by atoms with Crippen LogP contribution in [-0.4, -0.2) is 58.4 Å². The monoisotopic (exact) mass is 592 g/mol. The molecule has 0 saturated carbocycles. The molecule has 1 saturated heterocycles. The molecule has 0 aliphatic carbocycles. The van der Waals surface area contributed by atoms with Crippen molar-refractivity contribution in [1.29, 1.82) is 0 Å². The van der Waals surface area contributed by atoms with Gasteiger partial charge in [-0.3, -0.25) is 20.1 Å². The molecular formula is C31H40N6O6. The van der Waals surface area contributed by atoms with Gasteiger partial charge < -0.3 is 29.4 Å². The Morgan fingerprint density at radius 3 is 2.42 bits per heavy atom. The van der Waals surface area contributed by atoms with E-state index in [2.05, 4.69) is 44.3 Å². The molecule has 3 amide bonds. The number of carbonyl (C=O) groups is 3. The highest BCUT2D eigenvalue weighted by Gasteiger charge is 2.31. The number of ether oxygens (including phenoxy) is 2. The first-order valence-electron chi connectivity index (χ1n) is 14.2. The van der Waals surface area contributed by atoms with Crippen molar-refractivity contribution in [2.75, 3.05) is 28.6 Å². The minimum absolute atomic E-state index is 0.0303. The normalized spacial score (nSPS) is 17.2. The van der Waals surface area contributed by atoms with Gasteiger partial charge in [-0.15, -0.1) is 0 Å². The van der Waals surface area contributed by atoms with Gasteiger partial charge in [-0.05, 0) is 71.6 Å². The molecule has 3 aromatic rings. The van der Waals surface area contributed by atoms with E-state index >= 15 is 0 Å². The van der Waals surface area contributed by atoms with Crippen LogP contribution < -0.4 is 20.9 Å². The summed E-state index contributed by atoms with van der Waals surface area (Å²) in [7, 11) is 0. The van der Waals surface area contributed by atoms with E-state index in [0.29, 0.717) is 29.9 Å². The van der Waals surface area contributed by atoms with Crippen molar-refractivity contribution < 1.29 is 28.3 Å². The molecule has 1 aliphatic rings. The van der Waals surface area contributed by atoms with E-state index < -0.39 is 29.3 Å². The van der Waals surface area contributed by atoms with Crippen molar-refractivity contribution in [3.05, 3.63) is 48.4 Å². The van der Waals surface area contributed by atoms with E-state index in [9.17, 15) is 14.4 Å². The van der Waals surface area contributed by atoms with E-state index in [1.807, 2.05) is 20.8 Å². The summed E-state index contributed by atoms with van der Waals surface area (Å²) >= 11 is 0. The van der Waals surface area contributed by atoms with Gasteiger partial charge >= 0.3 is 12.2 Å². The van der Waals surface area contributed by atoms with Gasteiger partial charge in [0.1, 0.15) is 22.3 Å². The van der Waals surface area contributed by atoms with Gasteiger partial charge in [-0.25, -0.2) is 9.59 Å². The summed E-state index contributed by atoms with van der Waals surface area (Å²) in [5, 5.41) is 8.45. The number of carbonyl (C=O) groups excluding carboxylic acids is 3. The summed E-state index contributed by atoms with van der Waals surface area (Å²) in [6, 6.07) is 3.32. The summed E-state index contributed by atoms with van der Waals surface area (Å²) in [5.41, 5.74) is 1.06. The minimum Gasteiger partial charge on any atom is -0.444 e. The average molecular weight is 593 g/mol. The maximum atomic E-state index is 13.8. The average Bonchev–Trinajstić information content (AvgIpc) is 3.23. The van der Waals surface area contributed by atoms with Crippen LogP contribution in [0.4, 0.5) is 26.8 Å². The molecule has 3 aromatic heterocycles. The van der Waals surface area contributed by atoms with Crippen LogP contribution in [0, 0.1) is 5.92 Å². The highest BCUT2D eigenvalue weighted by Crippen LogP contribution is 2.33. The van der Waals surface area contributed by atoms with Gasteiger partial charge in [0.15, 0.2) is 5.58 Å². The number of furan rings is 1. The molecular weight excluding hydrogens is 552 g/mol. The Morgan fingerprint density at radius 1 is 1.05 bits per heavy atom. The molecule has 0 bridgehead atoms. The zero-order valence-electron chi connectivity index (χ0n) is 25.7. The van der Waals surface area contributed by atoms with Gasteiger partial charge in [0.25, 0.3) is 5.91 Å². The van der Waals surface area contributed by atoms with Crippen molar-refractivity contribution in [3.63, 3.8) is 0 Å².